The molecule has 0 radical (unpaired) electrons. The predicted molar refractivity (Wildman–Crippen MR) is 108 cm³/mol. The lowest BCUT2D eigenvalue weighted by Crippen LogP contribution is -2.24. The van der Waals surface area contributed by atoms with E-state index < -0.39 is 0 Å². The molecule has 0 spiro atoms. The Morgan fingerprint density at radius 3 is 2.66 bits per heavy atom. The highest BCUT2D eigenvalue weighted by Crippen LogP contribution is 2.28. The predicted octanol–water partition coefficient (Wildman–Crippen LogP) is 3.04. The van der Waals surface area contributed by atoms with Crippen molar-refractivity contribution < 1.29 is 9.18 Å². The summed E-state index contributed by atoms with van der Waals surface area (Å²) in [6.45, 7) is 1.25. The Morgan fingerprint density at radius 1 is 1.10 bits per heavy atom. The zero-order chi connectivity index (χ0) is 20.2. The zero-order valence-electron chi connectivity index (χ0n) is 15.8. The number of halogens is 1. The summed E-state index contributed by atoms with van der Waals surface area (Å²) in [5.41, 5.74) is 1.80. The smallest absolute Gasteiger partial charge is 0.252 e. The van der Waals surface area contributed by atoms with E-state index in [1.165, 1.54) is 12.1 Å². The van der Waals surface area contributed by atoms with Crippen molar-refractivity contribution >= 4 is 11.9 Å². The first-order valence-electron chi connectivity index (χ1n) is 9.49. The monoisotopic (exact) mass is 392 g/mol. The number of hydrogen-bond donors (Lipinski definition) is 2. The van der Waals surface area contributed by atoms with Gasteiger partial charge in [-0.25, -0.2) is 9.37 Å². The lowest BCUT2D eigenvalue weighted by molar-refractivity contribution is -0.128. The summed E-state index contributed by atoms with van der Waals surface area (Å²) in [5.74, 6) is -0.162. The number of aromatic nitrogens is 2. The Bertz CT molecular complexity index is 1070. The number of carbonyl (C=O) groups is 1. The minimum absolute atomic E-state index is 0.0433. The third kappa shape index (κ3) is 4.51. The maximum atomic E-state index is 13.8. The Hall–Kier alpha value is -3.48. The minimum Gasteiger partial charge on any atom is -0.352 e. The van der Waals surface area contributed by atoms with Gasteiger partial charge in [0.05, 0.1) is 5.69 Å². The highest BCUT2D eigenvalue weighted by molar-refractivity contribution is 5.79. The first-order chi connectivity index (χ1) is 14.1. The van der Waals surface area contributed by atoms with E-state index in [4.69, 9.17) is 0 Å². The van der Waals surface area contributed by atoms with Crippen molar-refractivity contribution in [3.05, 3.63) is 93.7 Å². The van der Waals surface area contributed by atoms with Gasteiger partial charge in [-0.05, 0) is 11.6 Å². The molecule has 2 aromatic carbocycles. The van der Waals surface area contributed by atoms with Crippen molar-refractivity contribution in [2.24, 2.45) is 0 Å². The molecule has 6 nitrogen and oxygen atoms in total. The first kappa shape index (κ1) is 18.9. The molecule has 1 atom stereocenters. The second kappa shape index (κ2) is 8.26. The summed E-state index contributed by atoms with van der Waals surface area (Å²) in [7, 11) is 0. The van der Waals surface area contributed by atoms with Gasteiger partial charge < -0.3 is 10.2 Å². The van der Waals surface area contributed by atoms with E-state index in [1.807, 2.05) is 30.3 Å². The fourth-order valence-electron chi connectivity index (χ4n) is 3.52. The number of likely N-dealkylation sites (tertiary alicyclic amines) is 1. The molecule has 3 aromatic rings. The molecule has 2 N–H and O–H groups in total. The van der Waals surface area contributed by atoms with Crippen molar-refractivity contribution in [1.29, 1.82) is 0 Å². The van der Waals surface area contributed by atoms with Gasteiger partial charge in [0.2, 0.25) is 11.9 Å². The highest BCUT2D eigenvalue weighted by atomic mass is 19.1. The summed E-state index contributed by atoms with van der Waals surface area (Å²) in [4.78, 5) is 33.4. The maximum absolute atomic E-state index is 13.8. The number of nitrogens with zero attached hydrogens (tertiary/aromatic N) is 2. The lowest BCUT2D eigenvalue weighted by Gasteiger charge is -2.17. The fraction of sp³-hybridized carbons (Fsp3) is 0.227. The summed E-state index contributed by atoms with van der Waals surface area (Å²) in [6.07, 6.45) is 0.316. The summed E-state index contributed by atoms with van der Waals surface area (Å²) >= 11 is 0. The number of carbonyl (C=O) groups excluding carboxylic acids is 1. The number of H-pyrrole nitrogens is 1. The summed E-state index contributed by atoms with van der Waals surface area (Å²) in [5, 5.41) is 2.96. The first-order valence-corrected chi connectivity index (χ1v) is 9.49. The van der Waals surface area contributed by atoms with Crippen LogP contribution < -0.4 is 10.9 Å². The normalized spacial score (nSPS) is 16.2. The van der Waals surface area contributed by atoms with E-state index in [-0.39, 0.29) is 35.7 Å². The molecule has 0 saturated carbocycles. The molecule has 7 heteroatoms. The average molecular weight is 392 g/mol. The molecular weight excluding hydrogens is 371 g/mol. The zero-order valence-corrected chi connectivity index (χ0v) is 15.8. The molecular formula is C22H21FN4O2. The van der Waals surface area contributed by atoms with Crippen LogP contribution in [0, 0.1) is 5.82 Å². The van der Waals surface area contributed by atoms with Gasteiger partial charge in [0.15, 0.2) is 0 Å². The van der Waals surface area contributed by atoms with Crippen molar-refractivity contribution in [1.82, 2.24) is 14.9 Å². The molecule has 1 aromatic heterocycles. The molecule has 1 fully saturated rings. The van der Waals surface area contributed by atoms with Crippen LogP contribution >= 0.6 is 0 Å². The van der Waals surface area contributed by atoms with E-state index in [9.17, 15) is 14.0 Å². The molecule has 2 heterocycles. The molecule has 0 bridgehead atoms. The van der Waals surface area contributed by atoms with Gasteiger partial charge in [-0.15, -0.1) is 0 Å². The van der Waals surface area contributed by atoms with Crippen molar-refractivity contribution in [3.8, 4) is 0 Å². The van der Waals surface area contributed by atoms with Crippen molar-refractivity contribution in [2.75, 3.05) is 11.9 Å². The molecule has 1 aliphatic heterocycles. The minimum atomic E-state index is -0.323. The quantitative estimate of drug-likeness (QED) is 0.676. The van der Waals surface area contributed by atoms with Gasteiger partial charge in [-0.1, -0.05) is 48.5 Å². The van der Waals surface area contributed by atoms with E-state index >= 15 is 0 Å². The SMILES string of the molecule is O=C1C[C@H](c2cc(=O)[nH]c(NCc3ccccc3F)n2)CN1Cc1ccccc1. The number of hydrogen-bond acceptors (Lipinski definition) is 4. The number of benzene rings is 2. The molecule has 1 saturated heterocycles. The van der Waals surface area contributed by atoms with Crippen LogP contribution in [0.2, 0.25) is 0 Å². The van der Waals surface area contributed by atoms with Crippen molar-refractivity contribution in [2.45, 2.75) is 25.4 Å². The van der Waals surface area contributed by atoms with Crippen LogP contribution in [0.5, 0.6) is 0 Å². The van der Waals surface area contributed by atoms with E-state index in [2.05, 4.69) is 15.3 Å². The van der Waals surface area contributed by atoms with Crippen LogP contribution in [0.3, 0.4) is 0 Å². The summed E-state index contributed by atoms with van der Waals surface area (Å²) < 4.78 is 13.8. The van der Waals surface area contributed by atoms with E-state index in [0.717, 1.165) is 5.56 Å². The number of nitrogens with one attached hydrogen (secondary N) is 2. The Morgan fingerprint density at radius 2 is 1.86 bits per heavy atom. The van der Waals surface area contributed by atoms with Gasteiger partial charge in [0.25, 0.3) is 5.56 Å². The standard InChI is InChI=1S/C22H21FN4O2/c23-18-9-5-4-8-16(18)12-24-22-25-19(11-20(28)26-22)17-10-21(29)27(14-17)13-15-6-2-1-3-7-15/h1-9,11,17H,10,12-14H2,(H2,24,25,26,28)/t17-/m0/s1. The highest BCUT2D eigenvalue weighted by Gasteiger charge is 2.31. The van der Waals surface area contributed by atoms with Crippen LogP contribution in [-0.4, -0.2) is 27.3 Å². The second-order valence-electron chi connectivity index (χ2n) is 7.12. The van der Waals surface area contributed by atoms with Crippen LogP contribution in [0.4, 0.5) is 10.3 Å². The summed E-state index contributed by atoms with van der Waals surface area (Å²) in [6, 6.07) is 17.6. The van der Waals surface area contributed by atoms with Crippen LogP contribution in [0.25, 0.3) is 0 Å². The van der Waals surface area contributed by atoms with Crippen LogP contribution in [0.15, 0.2) is 65.5 Å². The van der Waals surface area contributed by atoms with Gasteiger partial charge in [0, 0.05) is 43.6 Å². The van der Waals surface area contributed by atoms with E-state index in [0.29, 0.717) is 30.8 Å². The topological polar surface area (TPSA) is 78.1 Å². The van der Waals surface area contributed by atoms with E-state index in [1.54, 1.807) is 23.1 Å². The molecule has 1 aliphatic rings. The Labute approximate surface area is 167 Å². The third-order valence-corrected chi connectivity index (χ3v) is 5.01. The second-order valence-corrected chi connectivity index (χ2v) is 7.12. The van der Waals surface area contributed by atoms with Gasteiger partial charge in [-0.2, -0.15) is 0 Å². The molecule has 0 unspecified atom stereocenters. The lowest BCUT2D eigenvalue weighted by atomic mass is 10.0. The number of rotatable bonds is 6. The molecule has 0 aliphatic carbocycles. The largest absolute Gasteiger partial charge is 0.352 e. The van der Waals surface area contributed by atoms with Gasteiger partial charge >= 0.3 is 0 Å². The van der Waals surface area contributed by atoms with Crippen LogP contribution in [0.1, 0.15) is 29.2 Å². The molecule has 29 heavy (non-hydrogen) atoms. The molecule has 4 rings (SSSR count). The van der Waals surface area contributed by atoms with Gasteiger partial charge in [0.1, 0.15) is 5.82 Å². The number of aromatic amines is 1. The number of anilines is 1. The Balaban J connectivity index is 1.47. The average Bonchev–Trinajstić information content (AvgIpc) is 3.08. The van der Waals surface area contributed by atoms with Crippen molar-refractivity contribution in [3.63, 3.8) is 0 Å². The number of amides is 1. The third-order valence-electron chi connectivity index (χ3n) is 5.01. The molecule has 1 amide bonds. The maximum Gasteiger partial charge on any atom is 0.252 e. The van der Waals surface area contributed by atoms with Crippen LogP contribution in [-0.2, 0) is 17.9 Å². The van der Waals surface area contributed by atoms with Gasteiger partial charge in [-0.3, -0.25) is 14.6 Å². The fourth-order valence-corrected chi connectivity index (χ4v) is 3.52. The Kier molecular flexibility index (Phi) is 5.37. The molecule has 148 valence electrons.